The Labute approximate surface area is 161 Å². The lowest BCUT2D eigenvalue weighted by Crippen LogP contribution is -2.41. The fourth-order valence-corrected chi connectivity index (χ4v) is 5.02. The monoisotopic (exact) mass is 405 g/mol. The molecule has 8 nitrogen and oxygen atoms in total. The van der Waals surface area contributed by atoms with Crippen LogP contribution in [0.15, 0.2) is 29.2 Å². The minimum absolute atomic E-state index is 0.149. The summed E-state index contributed by atoms with van der Waals surface area (Å²) in [6.07, 6.45) is 1.65. The van der Waals surface area contributed by atoms with Crippen molar-refractivity contribution in [3.63, 3.8) is 0 Å². The first-order valence-corrected chi connectivity index (χ1v) is 10.8. The summed E-state index contributed by atoms with van der Waals surface area (Å²) in [5.74, 6) is -0.407. The van der Waals surface area contributed by atoms with Gasteiger partial charge < -0.3 is 5.32 Å². The van der Waals surface area contributed by atoms with Gasteiger partial charge >= 0.3 is 0 Å². The van der Waals surface area contributed by atoms with E-state index in [0.717, 1.165) is 11.4 Å². The molecule has 0 radical (unpaired) electrons. The number of sulfonamides is 1. The van der Waals surface area contributed by atoms with Crippen LogP contribution in [0, 0.1) is 17.2 Å². The van der Waals surface area contributed by atoms with Crippen LogP contribution in [0.2, 0.25) is 0 Å². The Morgan fingerprint density at radius 1 is 1.30 bits per heavy atom. The van der Waals surface area contributed by atoms with Gasteiger partial charge in [-0.25, -0.2) is 8.42 Å². The third kappa shape index (κ3) is 4.32. The van der Waals surface area contributed by atoms with E-state index in [0.29, 0.717) is 23.5 Å². The number of aryl methyl sites for hydroxylation is 1. The Morgan fingerprint density at radius 2 is 1.96 bits per heavy atom. The maximum atomic E-state index is 12.7. The Bertz CT molecular complexity index is 955. The van der Waals surface area contributed by atoms with E-state index in [-0.39, 0.29) is 29.8 Å². The van der Waals surface area contributed by atoms with Crippen LogP contribution in [-0.2, 0) is 21.2 Å². The molecule has 2 aromatic rings. The van der Waals surface area contributed by atoms with Crippen LogP contribution in [0.4, 0.5) is 5.13 Å². The first kappa shape index (κ1) is 19.4. The Kier molecular flexibility index (Phi) is 5.84. The van der Waals surface area contributed by atoms with E-state index >= 15 is 0 Å². The van der Waals surface area contributed by atoms with Gasteiger partial charge in [-0.15, -0.1) is 10.2 Å². The van der Waals surface area contributed by atoms with Crippen molar-refractivity contribution in [3.05, 3.63) is 34.8 Å². The van der Waals surface area contributed by atoms with E-state index < -0.39 is 10.0 Å². The highest BCUT2D eigenvalue weighted by atomic mass is 32.2. The summed E-state index contributed by atoms with van der Waals surface area (Å²) >= 11 is 1.35. The predicted molar refractivity (Wildman–Crippen MR) is 101 cm³/mol. The number of nitrogens with zero attached hydrogens (tertiary/aromatic N) is 4. The predicted octanol–water partition coefficient (Wildman–Crippen LogP) is 2.01. The van der Waals surface area contributed by atoms with Crippen molar-refractivity contribution < 1.29 is 13.2 Å². The smallest absolute Gasteiger partial charge is 0.243 e. The normalized spacial score (nSPS) is 16.0. The van der Waals surface area contributed by atoms with Crippen LogP contribution in [-0.4, -0.2) is 41.9 Å². The lowest BCUT2D eigenvalue weighted by molar-refractivity contribution is -0.120. The zero-order valence-electron chi connectivity index (χ0n) is 14.8. The molecule has 10 heteroatoms. The third-order valence-corrected chi connectivity index (χ3v) is 7.34. The van der Waals surface area contributed by atoms with Crippen molar-refractivity contribution in [2.45, 2.75) is 31.1 Å². The standard InChI is InChI=1S/C17H19N5O3S2/c1-2-15-20-21-17(26-15)19-16(23)13-7-9-22(10-8-13)27(24,25)14-5-3-12(11-18)4-6-14/h3-6,13H,2,7-10H2,1H3,(H,19,21,23). The summed E-state index contributed by atoms with van der Waals surface area (Å²) in [5, 5.41) is 20.8. The molecule has 142 valence electrons. The number of rotatable bonds is 5. The van der Waals surface area contributed by atoms with E-state index in [9.17, 15) is 13.2 Å². The van der Waals surface area contributed by atoms with Crippen LogP contribution in [0.3, 0.4) is 0 Å². The number of aromatic nitrogens is 2. The van der Waals surface area contributed by atoms with Gasteiger partial charge in [0.15, 0.2) is 0 Å². The molecule has 1 fully saturated rings. The van der Waals surface area contributed by atoms with Crippen molar-refractivity contribution in [1.82, 2.24) is 14.5 Å². The summed E-state index contributed by atoms with van der Waals surface area (Å²) in [5.41, 5.74) is 0.409. The number of hydrogen-bond donors (Lipinski definition) is 1. The van der Waals surface area contributed by atoms with Crippen LogP contribution in [0.1, 0.15) is 30.3 Å². The minimum Gasteiger partial charge on any atom is -0.300 e. The largest absolute Gasteiger partial charge is 0.300 e. The average molecular weight is 406 g/mol. The summed E-state index contributed by atoms with van der Waals surface area (Å²) in [6.45, 7) is 2.52. The Hall–Kier alpha value is -2.35. The highest BCUT2D eigenvalue weighted by Crippen LogP contribution is 2.25. The van der Waals surface area contributed by atoms with E-state index in [2.05, 4.69) is 15.5 Å². The first-order chi connectivity index (χ1) is 12.9. The Balaban J connectivity index is 1.60. The molecule has 1 aliphatic rings. The average Bonchev–Trinajstić information content (AvgIpc) is 3.15. The zero-order chi connectivity index (χ0) is 19.4. The van der Waals surface area contributed by atoms with Crippen molar-refractivity contribution in [3.8, 4) is 6.07 Å². The molecule has 1 aliphatic heterocycles. The molecule has 1 amide bonds. The van der Waals surface area contributed by atoms with Crippen LogP contribution < -0.4 is 5.32 Å². The maximum absolute atomic E-state index is 12.7. The number of carbonyl (C=O) groups excluding carboxylic acids is 1. The molecule has 27 heavy (non-hydrogen) atoms. The molecule has 1 aromatic heterocycles. The van der Waals surface area contributed by atoms with Gasteiger partial charge in [0.1, 0.15) is 5.01 Å². The quantitative estimate of drug-likeness (QED) is 0.813. The van der Waals surface area contributed by atoms with E-state index in [1.807, 2.05) is 13.0 Å². The van der Waals surface area contributed by atoms with E-state index in [1.165, 1.54) is 39.9 Å². The number of hydrogen-bond acceptors (Lipinski definition) is 7. The topological polar surface area (TPSA) is 116 Å². The van der Waals surface area contributed by atoms with Crippen molar-refractivity contribution >= 4 is 32.4 Å². The van der Waals surface area contributed by atoms with Crippen LogP contribution in [0.5, 0.6) is 0 Å². The number of benzene rings is 1. The van der Waals surface area contributed by atoms with Crippen LogP contribution >= 0.6 is 11.3 Å². The zero-order valence-corrected chi connectivity index (χ0v) is 16.4. The molecule has 0 bridgehead atoms. The molecule has 0 aliphatic carbocycles. The van der Waals surface area contributed by atoms with Gasteiger partial charge in [0.05, 0.1) is 16.5 Å². The maximum Gasteiger partial charge on any atom is 0.243 e. The second-order valence-corrected chi connectivity index (χ2v) is 9.16. The first-order valence-electron chi connectivity index (χ1n) is 8.57. The molecular formula is C17H19N5O3S2. The highest BCUT2D eigenvalue weighted by Gasteiger charge is 2.32. The third-order valence-electron chi connectivity index (χ3n) is 4.45. The van der Waals surface area contributed by atoms with Gasteiger partial charge in [-0.3, -0.25) is 4.79 Å². The molecule has 1 aromatic carbocycles. The molecule has 2 heterocycles. The number of amides is 1. The second kappa shape index (κ2) is 8.12. The SMILES string of the molecule is CCc1nnc(NC(=O)C2CCN(S(=O)(=O)c3ccc(C#N)cc3)CC2)s1. The molecule has 0 unspecified atom stereocenters. The minimum atomic E-state index is -3.62. The van der Waals surface area contributed by atoms with Gasteiger partial charge in [-0.2, -0.15) is 9.57 Å². The molecule has 1 saturated heterocycles. The van der Waals surface area contributed by atoms with E-state index in [4.69, 9.17) is 5.26 Å². The summed E-state index contributed by atoms with van der Waals surface area (Å²) in [4.78, 5) is 12.5. The molecule has 0 saturated carbocycles. The van der Waals surface area contributed by atoms with Gasteiger partial charge in [0, 0.05) is 19.0 Å². The van der Waals surface area contributed by atoms with Gasteiger partial charge in [-0.1, -0.05) is 18.3 Å². The Morgan fingerprint density at radius 3 is 2.52 bits per heavy atom. The molecular weight excluding hydrogens is 386 g/mol. The van der Waals surface area contributed by atoms with E-state index in [1.54, 1.807) is 0 Å². The number of piperidine rings is 1. The lowest BCUT2D eigenvalue weighted by Gasteiger charge is -2.30. The van der Waals surface area contributed by atoms with Crippen LogP contribution in [0.25, 0.3) is 0 Å². The lowest BCUT2D eigenvalue weighted by atomic mass is 9.97. The number of carbonyl (C=O) groups is 1. The fourth-order valence-electron chi connectivity index (χ4n) is 2.86. The van der Waals surface area contributed by atoms with Crippen molar-refractivity contribution in [2.75, 3.05) is 18.4 Å². The summed E-state index contributed by atoms with van der Waals surface area (Å²) in [6, 6.07) is 7.81. The summed E-state index contributed by atoms with van der Waals surface area (Å²) in [7, 11) is -3.62. The van der Waals surface area contributed by atoms with Crippen molar-refractivity contribution in [1.29, 1.82) is 5.26 Å². The molecule has 1 N–H and O–H groups in total. The van der Waals surface area contributed by atoms with Gasteiger partial charge in [0.25, 0.3) is 0 Å². The highest BCUT2D eigenvalue weighted by molar-refractivity contribution is 7.89. The molecule has 0 spiro atoms. The number of nitriles is 1. The molecule has 0 atom stereocenters. The van der Waals surface area contributed by atoms with Gasteiger partial charge in [-0.05, 0) is 43.5 Å². The molecule has 3 rings (SSSR count). The summed E-state index contributed by atoms with van der Waals surface area (Å²) < 4.78 is 26.8. The number of nitrogens with one attached hydrogen (secondary N) is 1. The van der Waals surface area contributed by atoms with Gasteiger partial charge in [0.2, 0.25) is 21.1 Å². The fraction of sp³-hybridized carbons (Fsp3) is 0.412. The second-order valence-electron chi connectivity index (χ2n) is 6.16. The van der Waals surface area contributed by atoms with Crippen molar-refractivity contribution in [2.24, 2.45) is 5.92 Å². The number of anilines is 1.